The molecule has 2 rings (SSSR count). The lowest BCUT2D eigenvalue weighted by atomic mass is 10.1. The predicted octanol–water partition coefficient (Wildman–Crippen LogP) is 1.22. The molecule has 1 aromatic carbocycles. The van der Waals surface area contributed by atoms with Crippen molar-refractivity contribution in [1.82, 2.24) is 9.97 Å². The predicted molar refractivity (Wildman–Crippen MR) is 58.4 cm³/mol. The summed E-state index contributed by atoms with van der Waals surface area (Å²) < 4.78 is 26.7. The van der Waals surface area contributed by atoms with E-state index in [1.807, 2.05) is 0 Å². The summed E-state index contributed by atoms with van der Waals surface area (Å²) in [6.45, 7) is 0. The molecule has 0 unspecified atom stereocenters. The van der Waals surface area contributed by atoms with Crippen LogP contribution in [0.1, 0.15) is 11.3 Å². The maximum atomic E-state index is 13.4. The quantitative estimate of drug-likeness (QED) is 0.824. The van der Waals surface area contributed by atoms with E-state index in [1.54, 1.807) is 0 Å². The van der Waals surface area contributed by atoms with E-state index in [0.717, 1.165) is 18.2 Å². The molecule has 0 atom stereocenters. The zero-order valence-corrected chi connectivity index (χ0v) is 8.71. The minimum absolute atomic E-state index is 0.0794. The molecule has 2 aromatic rings. The van der Waals surface area contributed by atoms with E-state index in [9.17, 15) is 13.6 Å². The zero-order chi connectivity index (χ0) is 12.4. The standard InChI is InChI=1S/C11H9F2N3O/c12-8-2-1-3-9(13)7(8)4-6-5-10(17)16-11(14)15-6/h1-3,5H,4H2,(H3,14,15,16,17). The smallest absolute Gasteiger partial charge is 0.252 e. The van der Waals surface area contributed by atoms with Crippen molar-refractivity contribution in [2.45, 2.75) is 6.42 Å². The molecule has 1 heterocycles. The van der Waals surface area contributed by atoms with Crippen molar-refractivity contribution >= 4 is 5.95 Å². The van der Waals surface area contributed by atoms with Crippen molar-refractivity contribution in [3.8, 4) is 0 Å². The van der Waals surface area contributed by atoms with Crippen LogP contribution in [0.5, 0.6) is 0 Å². The Bertz CT molecular complexity index is 590. The van der Waals surface area contributed by atoms with Crippen LogP contribution in [0.15, 0.2) is 29.1 Å². The van der Waals surface area contributed by atoms with Gasteiger partial charge in [-0.1, -0.05) is 6.07 Å². The lowest BCUT2D eigenvalue weighted by molar-refractivity contribution is 0.560. The van der Waals surface area contributed by atoms with E-state index in [-0.39, 0.29) is 23.6 Å². The highest BCUT2D eigenvalue weighted by Crippen LogP contribution is 2.15. The van der Waals surface area contributed by atoms with Gasteiger partial charge in [0.15, 0.2) is 0 Å². The Kier molecular flexibility index (Phi) is 2.86. The van der Waals surface area contributed by atoms with Gasteiger partial charge in [-0.2, -0.15) is 0 Å². The van der Waals surface area contributed by atoms with E-state index in [1.165, 1.54) is 6.07 Å². The Morgan fingerprint density at radius 1 is 1.29 bits per heavy atom. The summed E-state index contributed by atoms with van der Waals surface area (Å²) in [5.74, 6) is -1.43. The summed E-state index contributed by atoms with van der Waals surface area (Å²) in [5, 5.41) is 0. The van der Waals surface area contributed by atoms with E-state index in [2.05, 4.69) is 9.97 Å². The van der Waals surface area contributed by atoms with Gasteiger partial charge in [-0.3, -0.25) is 9.78 Å². The SMILES string of the molecule is Nc1nc(Cc2c(F)cccc2F)cc(=O)[nH]1. The molecule has 3 N–H and O–H groups in total. The summed E-state index contributed by atoms with van der Waals surface area (Å²) in [5.41, 5.74) is 4.96. The molecule has 88 valence electrons. The van der Waals surface area contributed by atoms with E-state index in [4.69, 9.17) is 5.73 Å². The molecule has 0 aliphatic rings. The molecule has 4 nitrogen and oxygen atoms in total. The van der Waals surface area contributed by atoms with Crippen LogP contribution in [0.2, 0.25) is 0 Å². The molecule has 0 radical (unpaired) electrons. The van der Waals surface area contributed by atoms with Gasteiger partial charge in [0.1, 0.15) is 11.6 Å². The van der Waals surface area contributed by atoms with Gasteiger partial charge >= 0.3 is 0 Å². The third-order valence-corrected chi connectivity index (χ3v) is 2.23. The molecule has 0 fully saturated rings. The second kappa shape index (κ2) is 4.32. The van der Waals surface area contributed by atoms with Crippen LogP contribution >= 0.6 is 0 Å². The minimum atomic E-state index is -0.675. The Morgan fingerprint density at radius 2 is 1.94 bits per heavy atom. The number of benzene rings is 1. The third-order valence-electron chi connectivity index (χ3n) is 2.23. The number of nitrogen functional groups attached to an aromatic ring is 1. The lowest BCUT2D eigenvalue weighted by Crippen LogP contribution is -2.12. The van der Waals surface area contributed by atoms with Crippen molar-refractivity contribution in [2.24, 2.45) is 0 Å². The maximum absolute atomic E-state index is 13.4. The summed E-state index contributed by atoms with van der Waals surface area (Å²) in [6, 6.07) is 4.72. The number of halogens is 2. The average Bonchev–Trinajstić information content (AvgIpc) is 2.22. The van der Waals surface area contributed by atoms with Crippen LogP contribution in [0.3, 0.4) is 0 Å². The summed E-state index contributed by atoms with van der Waals surface area (Å²) in [6.07, 6.45) is -0.118. The third kappa shape index (κ3) is 2.47. The van der Waals surface area contributed by atoms with E-state index in [0.29, 0.717) is 0 Å². The van der Waals surface area contributed by atoms with Gasteiger partial charge in [-0.15, -0.1) is 0 Å². The molecule has 0 bridgehead atoms. The van der Waals surface area contributed by atoms with Gasteiger partial charge in [0.2, 0.25) is 5.95 Å². The topological polar surface area (TPSA) is 71.8 Å². The molecule has 0 aliphatic carbocycles. The van der Waals surface area contributed by atoms with Gasteiger partial charge in [0.05, 0.1) is 5.69 Å². The molecule has 0 aliphatic heterocycles. The fraction of sp³-hybridized carbons (Fsp3) is 0.0909. The fourth-order valence-electron chi connectivity index (χ4n) is 1.50. The number of anilines is 1. The first-order valence-corrected chi connectivity index (χ1v) is 4.85. The normalized spacial score (nSPS) is 10.5. The van der Waals surface area contributed by atoms with Crippen molar-refractivity contribution in [1.29, 1.82) is 0 Å². The molecular weight excluding hydrogens is 228 g/mol. The molecule has 0 saturated carbocycles. The average molecular weight is 237 g/mol. The van der Waals surface area contributed by atoms with Crippen LogP contribution in [-0.4, -0.2) is 9.97 Å². The molecule has 0 spiro atoms. The molecule has 17 heavy (non-hydrogen) atoms. The fourth-order valence-corrected chi connectivity index (χ4v) is 1.50. The number of nitrogens with one attached hydrogen (secondary N) is 1. The molecule has 0 saturated heterocycles. The van der Waals surface area contributed by atoms with Crippen molar-refractivity contribution in [3.05, 3.63) is 57.5 Å². The first-order valence-electron chi connectivity index (χ1n) is 4.85. The van der Waals surface area contributed by atoms with Crippen molar-refractivity contribution < 1.29 is 8.78 Å². The van der Waals surface area contributed by atoms with E-state index >= 15 is 0 Å². The number of rotatable bonds is 2. The molecule has 1 aromatic heterocycles. The second-order valence-corrected chi connectivity index (χ2v) is 3.50. The highest BCUT2D eigenvalue weighted by Gasteiger charge is 2.10. The molecule has 6 heteroatoms. The lowest BCUT2D eigenvalue weighted by Gasteiger charge is -2.04. The van der Waals surface area contributed by atoms with Crippen LogP contribution in [-0.2, 0) is 6.42 Å². The highest BCUT2D eigenvalue weighted by molar-refractivity contribution is 5.27. The number of nitrogens with zero attached hydrogens (tertiary/aromatic N) is 1. The van der Waals surface area contributed by atoms with Crippen LogP contribution < -0.4 is 11.3 Å². The van der Waals surface area contributed by atoms with Crippen molar-refractivity contribution in [3.63, 3.8) is 0 Å². The van der Waals surface area contributed by atoms with E-state index < -0.39 is 17.2 Å². The maximum Gasteiger partial charge on any atom is 0.252 e. The van der Waals surface area contributed by atoms with Crippen molar-refractivity contribution in [2.75, 3.05) is 5.73 Å². The first kappa shape index (κ1) is 11.3. The number of H-pyrrole nitrogens is 1. The highest BCUT2D eigenvalue weighted by atomic mass is 19.1. The Hall–Kier alpha value is -2.24. The Balaban J connectivity index is 2.41. The van der Waals surface area contributed by atoms with Gasteiger partial charge < -0.3 is 5.73 Å². The number of aromatic nitrogens is 2. The van der Waals surface area contributed by atoms with Gasteiger partial charge in [-0.25, -0.2) is 13.8 Å². The Morgan fingerprint density at radius 3 is 2.53 bits per heavy atom. The van der Waals surface area contributed by atoms with Crippen LogP contribution in [0, 0.1) is 11.6 Å². The number of aromatic amines is 1. The molecular formula is C11H9F2N3O. The van der Waals surface area contributed by atoms with Gasteiger partial charge in [-0.05, 0) is 12.1 Å². The van der Waals surface area contributed by atoms with Crippen LogP contribution in [0.25, 0.3) is 0 Å². The summed E-state index contributed by atoms with van der Waals surface area (Å²) in [7, 11) is 0. The number of hydrogen-bond donors (Lipinski definition) is 2. The zero-order valence-electron chi connectivity index (χ0n) is 8.71. The minimum Gasteiger partial charge on any atom is -0.369 e. The first-order chi connectivity index (χ1) is 8.06. The van der Waals surface area contributed by atoms with Gasteiger partial charge in [0, 0.05) is 18.1 Å². The molecule has 0 amide bonds. The van der Waals surface area contributed by atoms with Gasteiger partial charge in [0.25, 0.3) is 5.56 Å². The number of hydrogen-bond acceptors (Lipinski definition) is 3. The largest absolute Gasteiger partial charge is 0.369 e. The monoisotopic (exact) mass is 237 g/mol. The second-order valence-electron chi connectivity index (χ2n) is 3.50. The summed E-state index contributed by atoms with van der Waals surface area (Å²) in [4.78, 5) is 17.2. The Labute approximate surface area is 95.1 Å². The summed E-state index contributed by atoms with van der Waals surface area (Å²) >= 11 is 0. The van der Waals surface area contributed by atoms with Crippen LogP contribution in [0.4, 0.5) is 14.7 Å². The number of nitrogens with two attached hydrogens (primary N) is 1.